The number of nitrogens with zero attached hydrogens (tertiary/aromatic N) is 3. The van der Waals surface area contributed by atoms with E-state index in [1.165, 1.54) is 7.05 Å². The number of hydrogen-bond acceptors (Lipinski definition) is 3. The number of fused-ring (bicyclic) bond motifs is 1. The van der Waals surface area contributed by atoms with E-state index in [0.717, 1.165) is 22.4 Å². The smallest absolute Gasteiger partial charge is 0.329 e. The molecule has 1 heterocycles. The van der Waals surface area contributed by atoms with Crippen LogP contribution < -0.4 is 5.69 Å². The minimum atomic E-state index is -1.06. The van der Waals surface area contributed by atoms with Crippen molar-refractivity contribution >= 4 is 22.9 Å². The molecule has 2 rings (SSSR count). The Morgan fingerprint density at radius 1 is 1.13 bits per heavy atom. The van der Waals surface area contributed by atoms with Gasteiger partial charge in [0.2, 0.25) is 5.91 Å². The Morgan fingerprint density at radius 3 is 2.22 bits per heavy atom. The quantitative estimate of drug-likeness (QED) is 0.829. The Hall–Kier alpha value is -2.57. The van der Waals surface area contributed by atoms with Crippen molar-refractivity contribution in [1.29, 1.82) is 0 Å². The Balaban J connectivity index is 2.24. The SMILES string of the molecule is CCCn1c(=O)n(CCC(=O)N(C)CC(=O)O)c2ccccc21. The molecular weight excluding hydrogens is 298 g/mol. The van der Waals surface area contributed by atoms with Crippen molar-refractivity contribution in [3.8, 4) is 0 Å². The van der Waals surface area contributed by atoms with Crippen molar-refractivity contribution in [3.63, 3.8) is 0 Å². The number of hydrogen-bond donors (Lipinski definition) is 1. The van der Waals surface area contributed by atoms with Crippen LogP contribution in [0.2, 0.25) is 0 Å². The number of carbonyl (C=O) groups is 2. The summed E-state index contributed by atoms with van der Waals surface area (Å²) in [6, 6.07) is 7.48. The summed E-state index contributed by atoms with van der Waals surface area (Å²) in [6.45, 7) is 2.52. The van der Waals surface area contributed by atoms with E-state index >= 15 is 0 Å². The summed E-state index contributed by atoms with van der Waals surface area (Å²) in [6.07, 6.45) is 0.929. The van der Waals surface area contributed by atoms with Crippen LogP contribution in [0.3, 0.4) is 0 Å². The van der Waals surface area contributed by atoms with Gasteiger partial charge in [0, 0.05) is 26.6 Å². The number of aliphatic carboxylic acids is 1. The van der Waals surface area contributed by atoms with Gasteiger partial charge in [-0.25, -0.2) is 4.79 Å². The molecule has 7 nitrogen and oxygen atoms in total. The third-order valence-electron chi connectivity index (χ3n) is 3.72. The molecule has 1 aromatic carbocycles. The maximum atomic E-state index is 12.5. The van der Waals surface area contributed by atoms with Crippen molar-refractivity contribution in [2.75, 3.05) is 13.6 Å². The van der Waals surface area contributed by atoms with Crippen molar-refractivity contribution in [3.05, 3.63) is 34.7 Å². The lowest BCUT2D eigenvalue weighted by atomic mass is 10.3. The third kappa shape index (κ3) is 3.61. The van der Waals surface area contributed by atoms with Crippen molar-refractivity contribution in [2.24, 2.45) is 0 Å². The topological polar surface area (TPSA) is 84.5 Å². The van der Waals surface area contributed by atoms with Crippen LogP contribution in [0, 0.1) is 0 Å². The normalized spacial score (nSPS) is 10.9. The lowest BCUT2D eigenvalue weighted by molar-refractivity contribution is -0.143. The Morgan fingerprint density at radius 2 is 1.70 bits per heavy atom. The maximum Gasteiger partial charge on any atom is 0.329 e. The number of rotatable bonds is 7. The minimum Gasteiger partial charge on any atom is -0.480 e. The van der Waals surface area contributed by atoms with E-state index in [1.807, 2.05) is 31.2 Å². The monoisotopic (exact) mass is 319 g/mol. The molecule has 0 fully saturated rings. The molecule has 0 aliphatic carbocycles. The second kappa shape index (κ2) is 7.13. The number of carboxylic acid groups (broad SMARTS) is 1. The molecule has 0 aliphatic rings. The van der Waals surface area contributed by atoms with Crippen LogP contribution in [0.4, 0.5) is 0 Å². The molecule has 0 spiro atoms. The number of aryl methyl sites for hydroxylation is 2. The van der Waals surface area contributed by atoms with Gasteiger partial charge in [0.05, 0.1) is 11.0 Å². The molecule has 124 valence electrons. The fraction of sp³-hybridized carbons (Fsp3) is 0.438. The number of carbonyl (C=O) groups excluding carboxylic acids is 1. The van der Waals surface area contributed by atoms with E-state index < -0.39 is 5.97 Å². The first-order valence-corrected chi connectivity index (χ1v) is 7.59. The summed E-state index contributed by atoms with van der Waals surface area (Å²) in [5, 5.41) is 8.71. The van der Waals surface area contributed by atoms with E-state index in [2.05, 4.69) is 0 Å². The Kier molecular flexibility index (Phi) is 5.20. The molecule has 1 amide bonds. The molecule has 0 aliphatic heterocycles. The molecule has 23 heavy (non-hydrogen) atoms. The predicted molar refractivity (Wildman–Crippen MR) is 86.4 cm³/mol. The first-order chi connectivity index (χ1) is 11.0. The minimum absolute atomic E-state index is 0.0871. The van der Waals surface area contributed by atoms with Gasteiger partial charge >= 0.3 is 11.7 Å². The van der Waals surface area contributed by atoms with Gasteiger partial charge in [-0.3, -0.25) is 18.7 Å². The number of likely N-dealkylation sites (N-methyl/N-ethyl adjacent to an activating group) is 1. The van der Waals surface area contributed by atoms with Gasteiger partial charge in [0.25, 0.3) is 0 Å². The van der Waals surface area contributed by atoms with Crippen LogP contribution in [0.5, 0.6) is 0 Å². The van der Waals surface area contributed by atoms with E-state index in [1.54, 1.807) is 9.13 Å². The molecule has 2 aromatic rings. The summed E-state index contributed by atoms with van der Waals surface area (Å²) in [5.74, 6) is -1.36. The van der Waals surface area contributed by atoms with E-state index in [-0.39, 0.29) is 31.1 Å². The zero-order chi connectivity index (χ0) is 17.0. The third-order valence-corrected chi connectivity index (χ3v) is 3.72. The highest BCUT2D eigenvalue weighted by Gasteiger charge is 2.16. The molecule has 1 aromatic heterocycles. The van der Waals surface area contributed by atoms with Crippen LogP contribution in [-0.2, 0) is 22.7 Å². The molecule has 0 saturated carbocycles. The molecule has 0 radical (unpaired) electrons. The average Bonchev–Trinajstić information content (AvgIpc) is 2.77. The molecule has 0 saturated heterocycles. The van der Waals surface area contributed by atoms with Gasteiger partial charge in [-0.15, -0.1) is 0 Å². The van der Waals surface area contributed by atoms with Crippen LogP contribution >= 0.6 is 0 Å². The Bertz CT molecular complexity index is 775. The van der Waals surface area contributed by atoms with E-state index in [9.17, 15) is 14.4 Å². The van der Waals surface area contributed by atoms with Crippen LogP contribution in [0.15, 0.2) is 29.1 Å². The Labute approximate surface area is 133 Å². The van der Waals surface area contributed by atoms with Crippen molar-refractivity contribution in [2.45, 2.75) is 32.9 Å². The fourth-order valence-electron chi connectivity index (χ4n) is 2.62. The zero-order valence-corrected chi connectivity index (χ0v) is 13.4. The summed E-state index contributed by atoms with van der Waals surface area (Å²) < 4.78 is 3.29. The zero-order valence-electron chi connectivity index (χ0n) is 13.4. The van der Waals surface area contributed by atoms with Crippen molar-refractivity contribution in [1.82, 2.24) is 14.0 Å². The second-order valence-corrected chi connectivity index (χ2v) is 5.47. The van der Waals surface area contributed by atoms with Gasteiger partial charge in [0.15, 0.2) is 0 Å². The number of amides is 1. The summed E-state index contributed by atoms with van der Waals surface area (Å²) >= 11 is 0. The summed E-state index contributed by atoms with van der Waals surface area (Å²) in [7, 11) is 1.44. The van der Waals surface area contributed by atoms with Crippen molar-refractivity contribution < 1.29 is 14.7 Å². The van der Waals surface area contributed by atoms with Gasteiger partial charge in [-0.05, 0) is 18.6 Å². The highest BCUT2D eigenvalue weighted by molar-refractivity contribution is 5.81. The van der Waals surface area contributed by atoms with Gasteiger partial charge in [-0.1, -0.05) is 19.1 Å². The first kappa shape index (κ1) is 16.8. The number of aromatic nitrogens is 2. The van der Waals surface area contributed by atoms with Crippen LogP contribution in [0.1, 0.15) is 19.8 Å². The molecule has 0 bridgehead atoms. The largest absolute Gasteiger partial charge is 0.480 e. The number of benzene rings is 1. The molecule has 0 atom stereocenters. The number of carboxylic acids is 1. The first-order valence-electron chi connectivity index (χ1n) is 7.59. The number of imidazole rings is 1. The molecule has 0 unspecified atom stereocenters. The van der Waals surface area contributed by atoms with E-state index in [4.69, 9.17) is 5.11 Å². The summed E-state index contributed by atoms with van der Waals surface area (Å²) in [5.41, 5.74) is 1.51. The van der Waals surface area contributed by atoms with Gasteiger partial charge in [-0.2, -0.15) is 0 Å². The van der Waals surface area contributed by atoms with Crippen LogP contribution in [-0.4, -0.2) is 44.6 Å². The van der Waals surface area contributed by atoms with E-state index in [0.29, 0.717) is 6.54 Å². The van der Waals surface area contributed by atoms with Gasteiger partial charge in [0.1, 0.15) is 6.54 Å². The lowest BCUT2D eigenvalue weighted by Gasteiger charge is -2.14. The molecule has 1 N–H and O–H groups in total. The average molecular weight is 319 g/mol. The molecular formula is C16H21N3O4. The predicted octanol–water partition coefficient (Wildman–Crippen LogP) is 1.15. The maximum absolute atomic E-state index is 12.5. The van der Waals surface area contributed by atoms with Crippen LogP contribution in [0.25, 0.3) is 11.0 Å². The highest BCUT2D eigenvalue weighted by atomic mass is 16.4. The molecule has 7 heteroatoms. The highest BCUT2D eigenvalue weighted by Crippen LogP contribution is 2.13. The number of para-hydroxylation sites is 2. The second-order valence-electron chi connectivity index (χ2n) is 5.47. The fourth-order valence-corrected chi connectivity index (χ4v) is 2.62. The summed E-state index contributed by atoms with van der Waals surface area (Å²) in [4.78, 5) is 36.3. The standard InChI is InChI=1S/C16H21N3O4/c1-3-9-18-12-6-4-5-7-13(12)19(16(18)23)10-8-14(20)17(2)11-15(21)22/h4-7H,3,8-11H2,1-2H3,(H,21,22). The van der Waals surface area contributed by atoms with Gasteiger partial charge < -0.3 is 10.0 Å². The lowest BCUT2D eigenvalue weighted by Crippen LogP contribution is -2.33.